The van der Waals surface area contributed by atoms with Crippen molar-refractivity contribution in [2.24, 2.45) is 0 Å². The SMILES string of the molecule is [CH2]C(C=C)c1cccc(OC(C)=O)c1. The molecule has 1 aromatic carbocycles. The van der Waals surface area contributed by atoms with Crippen LogP contribution in [0.15, 0.2) is 36.9 Å². The molecule has 0 aliphatic carbocycles. The summed E-state index contributed by atoms with van der Waals surface area (Å²) in [5, 5.41) is 0. The topological polar surface area (TPSA) is 26.3 Å². The van der Waals surface area contributed by atoms with Gasteiger partial charge in [-0.1, -0.05) is 18.2 Å². The largest absolute Gasteiger partial charge is 0.427 e. The third kappa shape index (κ3) is 2.73. The Kier molecular flexibility index (Phi) is 3.46. The molecule has 14 heavy (non-hydrogen) atoms. The van der Waals surface area contributed by atoms with Crippen LogP contribution in [-0.4, -0.2) is 5.97 Å². The predicted octanol–water partition coefficient (Wildman–Crippen LogP) is 2.72. The van der Waals surface area contributed by atoms with Crippen LogP contribution in [0.3, 0.4) is 0 Å². The lowest BCUT2D eigenvalue weighted by atomic mass is 10.0. The maximum absolute atomic E-state index is 10.7. The smallest absolute Gasteiger partial charge is 0.308 e. The molecule has 0 bridgehead atoms. The van der Waals surface area contributed by atoms with Crippen LogP contribution >= 0.6 is 0 Å². The summed E-state index contributed by atoms with van der Waals surface area (Å²) >= 11 is 0. The van der Waals surface area contributed by atoms with E-state index in [1.807, 2.05) is 12.1 Å². The summed E-state index contributed by atoms with van der Waals surface area (Å²) in [6, 6.07) is 7.28. The van der Waals surface area contributed by atoms with Crippen molar-refractivity contribution in [3.63, 3.8) is 0 Å². The minimum absolute atomic E-state index is 0.0190. The van der Waals surface area contributed by atoms with Gasteiger partial charge in [-0.25, -0.2) is 0 Å². The van der Waals surface area contributed by atoms with Gasteiger partial charge in [0.2, 0.25) is 0 Å². The number of esters is 1. The Morgan fingerprint density at radius 3 is 2.86 bits per heavy atom. The highest BCUT2D eigenvalue weighted by atomic mass is 16.5. The molecule has 0 amide bonds. The number of benzene rings is 1. The number of ether oxygens (including phenoxy) is 1. The first kappa shape index (κ1) is 10.5. The molecule has 2 nitrogen and oxygen atoms in total. The van der Waals surface area contributed by atoms with E-state index in [1.165, 1.54) is 6.92 Å². The Labute approximate surface area is 84.2 Å². The van der Waals surface area contributed by atoms with Gasteiger partial charge in [0.15, 0.2) is 0 Å². The van der Waals surface area contributed by atoms with Crippen LogP contribution < -0.4 is 4.74 Å². The summed E-state index contributed by atoms with van der Waals surface area (Å²) in [7, 11) is 0. The number of hydrogen-bond acceptors (Lipinski definition) is 2. The molecule has 0 fully saturated rings. The van der Waals surface area contributed by atoms with E-state index in [0.717, 1.165) is 5.56 Å². The Morgan fingerprint density at radius 2 is 2.29 bits per heavy atom. The van der Waals surface area contributed by atoms with E-state index in [2.05, 4.69) is 13.5 Å². The fourth-order valence-electron chi connectivity index (χ4n) is 1.11. The molecule has 0 aliphatic heterocycles. The lowest BCUT2D eigenvalue weighted by molar-refractivity contribution is -0.131. The summed E-state index contributed by atoms with van der Waals surface area (Å²) in [5.74, 6) is 0.248. The number of hydrogen-bond donors (Lipinski definition) is 0. The molecule has 0 heterocycles. The molecule has 2 heteroatoms. The van der Waals surface area contributed by atoms with Gasteiger partial charge in [0.1, 0.15) is 5.75 Å². The van der Waals surface area contributed by atoms with E-state index in [0.29, 0.717) is 5.75 Å². The molecular formula is C12H13O2. The van der Waals surface area contributed by atoms with Crippen LogP contribution in [0.4, 0.5) is 0 Å². The van der Waals surface area contributed by atoms with Crippen molar-refractivity contribution in [2.75, 3.05) is 0 Å². The van der Waals surface area contributed by atoms with E-state index in [9.17, 15) is 4.79 Å². The van der Waals surface area contributed by atoms with Crippen molar-refractivity contribution in [3.05, 3.63) is 49.4 Å². The van der Waals surface area contributed by atoms with Gasteiger partial charge in [-0.3, -0.25) is 4.79 Å². The van der Waals surface area contributed by atoms with Crippen molar-refractivity contribution in [3.8, 4) is 5.75 Å². The van der Waals surface area contributed by atoms with Gasteiger partial charge < -0.3 is 4.74 Å². The van der Waals surface area contributed by atoms with E-state index in [4.69, 9.17) is 4.74 Å². The van der Waals surface area contributed by atoms with Gasteiger partial charge in [-0.2, -0.15) is 0 Å². The normalized spacial score (nSPS) is 11.9. The van der Waals surface area contributed by atoms with Crippen molar-refractivity contribution in [2.45, 2.75) is 12.8 Å². The first-order valence-corrected chi connectivity index (χ1v) is 4.37. The monoisotopic (exact) mass is 189 g/mol. The highest BCUT2D eigenvalue weighted by Gasteiger charge is 2.03. The van der Waals surface area contributed by atoms with Gasteiger partial charge in [-0.05, 0) is 24.6 Å². The minimum Gasteiger partial charge on any atom is -0.427 e. The standard InChI is InChI=1S/C12H13O2/c1-4-9(2)11-6-5-7-12(8-11)14-10(3)13/h4-9H,1-2H2,3H3. The lowest BCUT2D eigenvalue weighted by Gasteiger charge is -2.07. The molecule has 0 saturated carbocycles. The quantitative estimate of drug-likeness (QED) is 0.415. The molecule has 1 unspecified atom stereocenters. The van der Waals surface area contributed by atoms with Gasteiger partial charge in [0.25, 0.3) is 0 Å². The second-order valence-corrected chi connectivity index (χ2v) is 3.01. The third-order valence-electron chi connectivity index (χ3n) is 1.83. The Hall–Kier alpha value is -1.57. The zero-order chi connectivity index (χ0) is 10.6. The second kappa shape index (κ2) is 4.61. The van der Waals surface area contributed by atoms with Crippen LogP contribution in [-0.2, 0) is 4.79 Å². The van der Waals surface area contributed by atoms with Crippen LogP contribution in [0.2, 0.25) is 0 Å². The maximum atomic E-state index is 10.7. The number of allylic oxidation sites excluding steroid dienone is 1. The van der Waals surface area contributed by atoms with E-state index in [-0.39, 0.29) is 11.9 Å². The third-order valence-corrected chi connectivity index (χ3v) is 1.83. The molecule has 0 N–H and O–H groups in total. The average Bonchev–Trinajstić information content (AvgIpc) is 2.16. The first-order valence-electron chi connectivity index (χ1n) is 4.37. The van der Waals surface area contributed by atoms with Crippen LogP contribution in [0, 0.1) is 6.92 Å². The van der Waals surface area contributed by atoms with Crippen LogP contribution in [0.5, 0.6) is 5.75 Å². The second-order valence-electron chi connectivity index (χ2n) is 3.01. The summed E-state index contributed by atoms with van der Waals surface area (Å²) in [6.45, 7) is 8.92. The lowest BCUT2D eigenvalue weighted by Crippen LogP contribution is -2.01. The summed E-state index contributed by atoms with van der Waals surface area (Å²) in [4.78, 5) is 10.7. The zero-order valence-electron chi connectivity index (χ0n) is 8.19. The summed E-state index contributed by atoms with van der Waals surface area (Å²) in [5.41, 5.74) is 0.985. The van der Waals surface area contributed by atoms with Gasteiger partial charge >= 0.3 is 5.97 Å². The van der Waals surface area contributed by atoms with Gasteiger partial charge in [0, 0.05) is 12.8 Å². The number of rotatable bonds is 3. The molecule has 1 aromatic rings. The van der Waals surface area contributed by atoms with Crippen molar-refractivity contribution < 1.29 is 9.53 Å². The Morgan fingerprint density at radius 1 is 1.57 bits per heavy atom. The molecule has 1 rings (SSSR count). The van der Waals surface area contributed by atoms with Crippen molar-refractivity contribution in [1.29, 1.82) is 0 Å². The summed E-state index contributed by atoms with van der Waals surface area (Å²) < 4.78 is 4.95. The molecule has 1 radical (unpaired) electrons. The van der Waals surface area contributed by atoms with E-state index < -0.39 is 0 Å². The molecule has 0 saturated heterocycles. The van der Waals surface area contributed by atoms with Crippen LogP contribution in [0.1, 0.15) is 18.4 Å². The average molecular weight is 189 g/mol. The number of carbonyl (C=O) groups excluding carboxylic acids is 1. The Bertz CT molecular complexity index is 342. The van der Waals surface area contributed by atoms with Gasteiger partial charge in [0.05, 0.1) is 0 Å². The number of carbonyl (C=O) groups is 1. The van der Waals surface area contributed by atoms with Gasteiger partial charge in [-0.15, -0.1) is 6.58 Å². The molecule has 1 atom stereocenters. The fraction of sp³-hybridized carbons (Fsp3) is 0.167. The van der Waals surface area contributed by atoms with Crippen molar-refractivity contribution >= 4 is 5.97 Å². The maximum Gasteiger partial charge on any atom is 0.308 e. The zero-order valence-corrected chi connectivity index (χ0v) is 8.19. The van der Waals surface area contributed by atoms with E-state index >= 15 is 0 Å². The minimum atomic E-state index is -0.318. The molecule has 0 aromatic heterocycles. The highest BCUT2D eigenvalue weighted by molar-refractivity contribution is 5.69. The molecular weight excluding hydrogens is 176 g/mol. The highest BCUT2D eigenvalue weighted by Crippen LogP contribution is 2.20. The van der Waals surface area contributed by atoms with E-state index in [1.54, 1.807) is 18.2 Å². The summed E-state index contributed by atoms with van der Waals surface area (Å²) in [6.07, 6.45) is 1.74. The van der Waals surface area contributed by atoms with Crippen LogP contribution in [0.25, 0.3) is 0 Å². The molecule has 73 valence electrons. The first-order chi connectivity index (χ1) is 6.63. The fourth-order valence-corrected chi connectivity index (χ4v) is 1.11. The molecule has 0 spiro atoms. The predicted molar refractivity (Wildman–Crippen MR) is 56.0 cm³/mol. The Balaban J connectivity index is 2.88. The van der Waals surface area contributed by atoms with Crippen molar-refractivity contribution in [1.82, 2.24) is 0 Å². The molecule has 0 aliphatic rings.